The molecular formula is C24H22ClN3O4. The molecule has 2 N–H and O–H groups in total. The second-order valence-electron chi connectivity index (χ2n) is 7.06. The standard InChI is InChI=1S/C24H22ClN3O4/c1-30-20-10-14(11-21(31-2)23(20)32-3)12-22(29)26-15-8-9-18-19(13-15)28-24(27-18)16-6-4-5-7-17(16)25/h4-11,13H,12H2,1-3H3,(H,26,29)(H,27,28). The first kappa shape index (κ1) is 21.5. The van der Waals surface area contributed by atoms with E-state index >= 15 is 0 Å². The first-order chi connectivity index (χ1) is 15.5. The van der Waals surface area contributed by atoms with Gasteiger partial charge in [-0.15, -0.1) is 0 Å². The average Bonchev–Trinajstić information content (AvgIpc) is 3.21. The minimum atomic E-state index is -0.176. The Morgan fingerprint density at radius 3 is 2.38 bits per heavy atom. The van der Waals surface area contributed by atoms with Gasteiger partial charge in [0.05, 0.1) is 43.8 Å². The molecule has 164 valence electrons. The number of methoxy groups -OCH3 is 3. The summed E-state index contributed by atoms with van der Waals surface area (Å²) in [5.74, 6) is 1.98. The number of carbonyl (C=O) groups excluding carboxylic acids is 1. The molecule has 1 heterocycles. The predicted octanol–water partition coefficient (Wildman–Crippen LogP) is 5.09. The van der Waals surface area contributed by atoms with Crippen LogP contribution in [-0.4, -0.2) is 37.2 Å². The van der Waals surface area contributed by atoms with E-state index in [9.17, 15) is 4.79 Å². The Labute approximate surface area is 190 Å². The molecule has 0 spiro atoms. The summed E-state index contributed by atoms with van der Waals surface area (Å²) in [4.78, 5) is 20.5. The van der Waals surface area contributed by atoms with Crippen LogP contribution in [0.5, 0.6) is 17.2 Å². The lowest BCUT2D eigenvalue weighted by Crippen LogP contribution is -2.14. The molecule has 4 aromatic rings. The highest BCUT2D eigenvalue weighted by molar-refractivity contribution is 6.33. The van der Waals surface area contributed by atoms with E-state index in [0.29, 0.717) is 33.8 Å². The van der Waals surface area contributed by atoms with E-state index in [1.165, 1.54) is 21.3 Å². The number of carbonyl (C=O) groups is 1. The normalized spacial score (nSPS) is 10.8. The van der Waals surface area contributed by atoms with Crippen LogP contribution >= 0.6 is 11.6 Å². The van der Waals surface area contributed by atoms with E-state index in [-0.39, 0.29) is 12.3 Å². The number of hydrogen-bond donors (Lipinski definition) is 2. The summed E-state index contributed by atoms with van der Waals surface area (Å²) in [6.45, 7) is 0. The van der Waals surface area contributed by atoms with Crippen LogP contribution in [0, 0.1) is 0 Å². The SMILES string of the molecule is COc1cc(CC(=O)Nc2ccc3nc(-c4ccccc4Cl)[nH]c3c2)cc(OC)c1OC. The van der Waals surface area contributed by atoms with Gasteiger partial charge in [-0.1, -0.05) is 23.7 Å². The van der Waals surface area contributed by atoms with Crippen molar-refractivity contribution in [3.63, 3.8) is 0 Å². The Bertz CT molecular complexity index is 1260. The van der Waals surface area contributed by atoms with Crippen molar-refractivity contribution in [1.82, 2.24) is 9.97 Å². The molecule has 1 aromatic heterocycles. The zero-order chi connectivity index (χ0) is 22.7. The number of aromatic nitrogens is 2. The third kappa shape index (κ3) is 4.33. The molecule has 0 radical (unpaired) electrons. The lowest BCUT2D eigenvalue weighted by molar-refractivity contribution is -0.115. The fraction of sp³-hybridized carbons (Fsp3) is 0.167. The minimum absolute atomic E-state index is 0.141. The van der Waals surface area contributed by atoms with Gasteiger partial charge in [0.15, 0.2) is 11.5 Å². The lowest BCUT2D eigenvalue weighted by atomic mass is 10.1. The topological polar surface area (TPSA) is 85.5 Å². The maximum atomic E-state index is 12.7. The number of halogens is 1. The molecule has 0 unspecified atom stereocenters. The quantitative estimate of drug-likeness (QED) is 0.408. The number of hydrogen-bond acceptors (Lipinski definition) is 5. The first-order valence-electron chi connectivity index (χ1n) is 9.85. The Hall–Kier alpha value is -3.71. The number of benzene rings is 3. The molecule has 32 heavy (non-hydrogen) atoms. The molecule has 0 saturated heterocycles. The van der Waals surface area contributed by atoms with Crippen LogP contribution in [0.25, 0.3) is 22.4 Å². The van der Waals surface area contributed by atoms with Gasteiger partial charge in [-0.25, -0.2) is 4.98 Å². The summed E-state index contributed by atoms with van der Waals surface area (Å²) < 4.78 is 16.0. The largest absolute Gasteiger partial charge is 0.493 e. The van der Waals surface area contributed by atoms with Crippen LogP contribution in [0.1, 0.15) is 5.56 Å². The number of fused-ring (bicyclic) bond motifs is 1. The lowest BCUT2D eigenvalue weighted by Gasteiger charge is -2.14. The third-order valence-electron chi connectivity index (χ3n) is 4.98. The maximum absolute atomic E-state index is 12.7. The monoisotopic (exact) mass is 451 g/mol. The smallest absolute Gasteiger partial charge is 0.228 e. The van der Waals surface area contributed by atoms with E-state index in [1.54, 1.807) is 12.1 Å². The number of anilines is 1. The zero-order valence-corrected chi connectivity index (χ0v) is 18.6. The average molecular weight is 452 g/mol. The highest BCUT2D eigenvalue weighted by Gasteiger charge is 2.15. The molecule has 0 fully saturated rings. The first-order valence-corrected chi connectivity index (χ1v) is 10.2. The van der Waals surface area contributed by atoms with Gasteiger partial charge in [-0.05, 0) is 48.0 Å². The number of nitrogens with one attached hydrogen (secondary N) is 2. The van der Waals surface area contributed by atoms with Crippen molar-refractivity contribution in [2.24, 2.45) is 0 Å². The molecule has 4 rings (SSSR count). The number of ether oxygens (including phenoxy) is 3. The van der Waals surface area contributed by atoms with E-state index in [0.717, 1.165) is 22.2 Å². The van der Waals surface area contributed by atoms with Gasteiger partial charge >= 0.3 is 0 Å². The van der Waals surface area contributed by atoms with Crippen LogP contribution in [0.4, 0.5) is 5.69 Å². The van der Waals surface area contributed by atoms with Crippen molar-refractivity contribution in [3.05, 3.63) is 65.2 Å². The van der Waals surface area contributed by atoms with Gasteiger partial charge in [-0.3, -0.25) is 4.79 Å². The number of aromatic amines is 1. The molecule has 0 bridgehead atoms. The summed E-state index contributed by atoms with van der Waals surface area (Å²) in [5.41, 5.74) is 3.79. The van der Waals surface area contributed by atoms with E-state index in [1.807, 2.05) is 42.5 Å². The van der Waals surface area contributed by atoms with Crippen molar-refractivity contribution in [1.29, 1.82) is 0 Å². The summed E-state index contributed by atoms with van der Waals surface area (Å²) >= 11 is 6.28. The number of imidazole rings is 1. The Balaban J connectivity index is 1.53. The van der Waals surface area contributed by atoms with Crippen LogP contribution < -0.4 is 19.5 Å². The van der Waals surface area contributed by atoms with E-state index < -0.39 is 0 Å². The Morgan fingerprint density at radius 1 is 1.00 bits per heavy atom. The van der Waals surface area contributed by atoms with E-state index in [2.05, 4.69) is 15.3 Å². The van der Waals surface area contributed by atoms with Gasteiger partial charge in [0.1, 0.15) is 5.82 Å². The molecule has 8 heteroatoms. The van der Waals surface area contributed by atoms with Gasteiger partial charge < -0.3 is 24.5 Å². The third-order valence-corrected chi connectivity index (χ3v) is 5.31. The van der Waals surface area contributed by atoms with Gasteiger partial charge in [0.25, 0.3) is 0 Å². The minimum Gasteiger partial charge on any atom is -0.493 e. The van der Waals surface area contributed by atoms with E-state index in [4.69, 9.17) is 25.8 Å². The van der Waals surface area contributed by atoms with Crippen LogP contribution in [0.15, 0.2) is 54.6 Å². The molecule has 3 aromatic carbocycles. The summed E-state index contributed by atoms with van der Waals surface area (Å²) in [7, 11) is 4.62. The summed E-state index contributed by atoms with van der Waals surface area (Å²) in [6.07, 6.45) is 0.141. The fourth-order valence-electron chi connectivity index (χ4n) is 3.50. The van der Waals surface area contributed by atoms with Crippen LogP contribution in [0.3, 0.4) is 0 Å². The summed E-state index contributed by atoms with van der Waals surface area (Å²) in [5, 5.41) is 3.54. The molecule has 0 aliphatic heterocycles. The second kappa shape index (κ2) is 9.20. The molecule has 7 nitrogen and oxygen atoms in total. The van der Waals surface area contributed by atoms with Gasteiger partial charge in [0.2, 0.25) is 11.7 Å². The second-order valence-corrected chi connectivity index (χ2v) is 7.46. The maximum Gasteiger partial charge on any atom is 0.228 e. The molecule has 0 saturated carbocycles. The highest BCUT2D eigenvalue weighted by atomic mass is 35.5. The van der Waals surface area contributed by atoms with Gasteiger partial charge in [-0.2, -0.15) is 0 Å². The predicted molar refractivity (Wildman–Crippen MR) is 125 cm³/mol. The molecule has 0 atom stereocenters. The fourth-order valence-corrected chi connectivity index (χ4v) is 3.72. The van der Waals surface area contributed by atoms with Crippen LogP contribution in [-0.2, 0) is 11.2 Å². The molecule has 1 amide bonds. The number of nitrogens with zero attached hydrogens (tertiary/aromatic N) is 1. The number of rotatable bonds is 7. The van der Waals surface area contributed by atoms with Crippen molar-refractivity contribution in [2.45, 2.75) is 6.42 Å². The zero-order valence-electron chi connectivity index (χ0n) is 17.9. The molecule has 0 aliphatic rings. The Morgan fingerprint density at radius 2 is 1.72 bits per heavy atom. The van der Waals surface area contributed by atoms with Gasteiger partial charge in [0, 0.05) is 11.3 Å². The molecular weight excluding hydrogens is 430 g/mol. The number of amides is 1. The van der Waals surface area contributed by atoms with Crippen molar-refractivity contribution < 1.29 is 19.0 Å². The van der Waals surface area contributed by atoms with Crippen molar-refractivity contribution in [3.8, 4) is 28.6 Å². The highest BCUT2D eigenvalue weighted by Crippen LogP contribution is 2.38. The Kier molecular flexibility index (Phi) is 6.18. The summed E-state index contributed by atoms with van der Waals surface area (Å²) in [6, 6.07) is 16.5. The van der Waals surface area contributed by atoms with Crippen molar-refractivity contribution >= 4 is 34.2 Å². The van der Waals surface area contributed by atoms with Crippen molar-refractivity contribution in [2.75, 3.05) is 26.6 Å². The molecule has 0 aliphatic carbocycles. The van der Waals surface area contributed by atoms with Crippen LogP contribution in [0.2, 0.25) is 5.02 Å². The number of H-pyrrole nitrogens is 1.